The Kier molecular flexibility index (Phi) is 4.19. The molecule has 4 heteroatoms. The molecule has 0 atom stereocenters. The Hall–Kier alpha value is -1.29. The number of hydrogen-bond acceptors (Lipinski definition) is 2. The fourth-order valence-electron chi connectivity index (χ4n) is 1.22. The van der Waals surface area contributed by atoms with Crippen LogP contribution in [0.5, 0.6) is 0 Å². The molecule has 1 heterocycles. The molecule has 0 saturated carbocycles. The number of nitrogens with two attached hydrogens (primary N) is 1. The van der Waals surface area contributed by atoms with Crippen molar-refractivity contribution in [2.45, 2.75) is 19.4 Å². The summed E-state index contributed by atoms with van der Waals surface area (Å²) in [5.41, 5.74) is 6.41. The minimum Gasteiger partial charge on any atom is -0.353 e. The molecule has 0 unspecified atom stereocenters. The first-order valence-electron chi connectivity index (χ1n) is 4.81. The highest BCUT2D eigenvalue weighted by Gasteiger charge is 2.01. The van der Waals surface area contributed by atoms with Gasteiger partial charge in [-0.15, -0.1) is 0 Å². The van der Waals surface area contributed by atoms with Gasteiger partial charge < -0.3 is 15.6 Å². The Bertz CT molecular complexity index is 293. The van der Waals surface area contributed by atoms with Crippen LogP contribution in [-0.4, -0.2) is 17.0 Å². The molecule has 0 aliphatic carbocycles. The van der Waals surface area contributed by atoms with E-state index < -0.39 is 0 Å². The molecule has 1 aromatic rings. The predicted molar refractivity (Wildman–Crippen MR) is 55.5 cm³/mol. The average Bonchev–Trinajstić information content (AvgIpc) is 2.58. The molecule has 14 heavy (non-hydrogen) atoms. The third-order valence-electron chi connectivity index (χ3n) is 2.13. The summed E-state index contributed by atoms with van der Waals surface area (Å²) < 4.78 is 1.99. The monoisotopic (exact) mass is 195 g/mol. The largest absolute Gasteiger partial charge is 0.353 e. The average molecular weight is 195 g/mol. The van der Waals surface area contributed by atoms with E-state index in [0.29, 0.717) is 19.5 Å². The number of carbonyl (C=O) groups is 1. The highest BCUT2D eigenvalue weighted by atomic mass is 16.1. The summed E-state index contributed by atoms with van der Waals surface area (Å²) in [6, 6.07) is 3.95. The van der Waals surface area contributed by atoms with Gasteiger partial charge in [0.2, 0.25) is 5.91 Å². The van der Waals surface area contributed by atoms with Gasteiger partial charge in [-0.25, -0.2) is 0 Å². The highest BCUT2D eigenvalue weighted by molar-refractivity contribution is 5.75. The van der Waals surface area contributed by atoms with Gasteiger partial charge in [0.05, 0.1) is 6.54 Å². The maximum atomic E-state index is 11.2. The number of carbonyl (C=O) groups excluding carboxylic acids is 1. The number of amides is 1. The summed E-state index contributed by atoms with van der Waals surface area (Å²) in [5, 5.41) is 2.85. The van der Waals surface area contributed by atoms with Crippen LogP contribution in [0.4, 0.5) is 0 Å². The van der Waals surface area contributed by atoms with Gasteiger partial charge in [-0.3, -0.25) is 4.79 Å². The normalized spacial score (nSPS) is 10.1. The van der Waals surface area contributed by atoms with Crippen molar-refractivity contribution in [1.29, 1.82) is 0 Å². The van der Waals surface area contributed by atoms with E-state index in [4.69, 9.17) is 5.73 Å². The van der Waals surface area contributed by atoms with Gasteiger partial charge in [0.15, 0.2) is 0 Å². The first-order chi connectivity index (χ1) is 6.74. The molecule has 0 saturated heterocycles. The zero-order valence-corrected chi connectivity index (χ0v) is 8.49. The number of hydrogen-bond donors (Lipinski definition) is 2. The van der Waals surface area contributed by atoms with E-state index >= 15 is 0 Å². The number of aromatic nitrogens is 1. The molecule has 1 aromatic heterocycles. The van der Waals surface area contributed by atoms with E-state index in [1.807, 2.05) is 29.9 Å². The zero-order valence-electron chi connectivity index (χ0n) is 8.49. The van der Waals surface area contributed by atoms with Gasteiger partial charge in [0, 0.05) is 25.4 Å². The fraction of sp³-hybridized carbons (Fsp3) is 0.500. The molecule has 78 valence electrons. The van der Waals surface area contributed by atoms with Gasteiger partial charge >= 0.3 is 0 Å². The quantitative estimate of drug-likeness (QED) is 0.713. The summed E-state index contributed by atoms with van der Waals surface area (Å²) >= 11 is 0. The first kappa shape index (κ1) is 10.8. The van der Waals surface area contributed by atoms with Crippen molar-refractivity contribution >= 4 is 5.91 Å². The van der Waals surface area contributed by atoms with Gasteiger partial charge in [-0.2, -0.15) is 0 Å². The number of nitrogens with zero attached hydrogens (tertiary/aromatic N) is 1. The van der Waals surface area contributed by atoms with Gasteiger partial charge in [-0.1, -0.05) is 0 Å². The van der Waals surface area contributed by atoms with E-state index in [0.717, 1.165) is 12.1 Å². The Balaban J connectivity index is 2.27. The van der Waals surface area contributed by atoms with Crippen molar-refractivity contribution in [1.82, 2.24) is 9.88 Å². The first-order valence-corrected chi connectivity index (χ1v) is 4.81. The van der Waals surface area contributed by atoms with Gasteiger partial charge in [0.25, 0.3) is 0 Å². The van der Waals surface area contributed by atoms with Crippen molar-refractivity contribution in [2.75, 3.05) is 6.54 Å². The van der Waals surface area contributed by atoms with Gasteiger partial charge in [0.1, 0.15) is 0 Å². The summed E-state index contributed by atoms with van der Waals surface area (Å²) in [6.45, 7) is 1.16. The van der Waals surface area contributed by atoms with Crippen LogP contribution in [0.25, 0.3) is 0 Å². The molecule has 0 fully saturated rings. The third kappa shape index (κ3) is 3.22. The standard InChI is InChI=1S/C10H17N3O/c1-13-7-3-4-9(13)8-12-10(14)5-2-6-11/h3-4,7H,2,5-6,8,11H2,1H3,(H,12,14). The van der Waals surface area contributed by atoms with Crippen LogP contribution in [0.15, 0.2) is 18.3 Å². The van der Waals surface area contributed by atoms with Gasteiger partial charge in [-0.05, 0) is 25.1 Å². The van der Waals surface area contributed by atoms with E-state index in [2.05, 4.69) is 5.32 Å². The Labute approximate surface area is 84.1 Å². The van der Waals surface area contributed by atoms with Crippen LogP contribution in [0, 0.1) is 0 Å². The van der Waals surface area contributed by atoms with Crippen molar-refractivity contribution in [2.24, 2.45) is 12.8 Å². The van der Waals surface area contributed by atoms with E-state index in [-0.39, 0.29) is 5.91 Å². The minimum atomic E-state index is 0.0663. The molecule has 1 rings (SSSR count). The van der Waals surface area contributed by atoms with E-state index in [9.17, 15) is 4.79 Å². The maximum Gasteiger partial charge on any atom is 0.220 e. The molecule has 1 amide bonds. The van der Waals surface area contributed by atoms with E-state index in [1.54, 1.807) is 0 Å². The SMILES string of the molecule is Cn1cccc1CNC(=O)CCCN. The lowest BCUT2D eigenvalue weighted by Crippen LogP contribution is -2.24. The molecular formula is C10H17N3O. The second kappa shape index (κ2) is 5.44. The number of aryl methyl sites for hydroxylation is 1. The lowest BCUT2D eigenvalue weighted by Gasteiger charge is -2.05. The lowest BCUT2D eigenvalue weighted by molar-refractivity contribution is -0.121. The summed E-state index contributed by atoms with van der Waals surface area (Å²) in [4.78, 5) is 11.2. The Morgan fingerprint density at radius 1 is 1.64 bits per heavy atom. The Morgan fingerprint density at radius 3 is 3.00 bits per heavy atom. The topological polar surface area (TPSA) is 60.0 Å². The molecule has 0 spiro atoms. The van der Waals surface area contributed by atoms with Crippen LogP contribution >= 0.6 is 0 Å². The third-order valence-corrected chi connectivity index (χ3v) is 2.13. The molecule has 0 aromatic carbocycles. The van der Waals surface area contributed by atoms with Crippen molar-refractivity contribution in [3.05, 3.63) is 24.0 Å². The Morgan fingerprint density at radius 2 is 2.43 bits per heavy atom. The molecule has 4 nitrogen and oxygen atoms in total. The molecule has 0 aliphatic heterocycles. The maximum absolute atomic E-state index is 11.2. The van der Waals surface area contributed by atoms with Crippen LogP contribution in [0.1, 0.15) is 18.5 Å². The minimum absolute atomic E-state index is 0.0663. The zero-order chi connectivity index (χ0) is 10.4. The van der Waals surface area contributed by atoms with Crippen LogP contribution in [-0.2, 0) is 18.4 Å². The van der Waals surface area contributed by atoms with Crippen LogP contribution in [0.2, 0.25) is 0 Å². The summed E-state index contributed by atoms with van der Waals surface area (Å²) in [7, 11) is 1.96. The second-order valence-electron chi connectivity index (χ2n) is 3.28. The number of nitrogens with one attached hydrogen (secondary N) is 1. The van der Waals surface area contributed by atoms with Crippen molar-refractivity contribution < 1.29 is 4.79 Å². The molecular weight excluding hydrogens is 178 g/mol. The molecule has 0 bridgehead atoms. The van der Waals surface area contributed by atoms with Crippen LogP contribution < -0.4 is 11.1 Å². The molecule has 3 N–H and O–H groups in total. The van der Waals surface area contributed by atoms with E-state index in [1.165, 1.54) is 0 Å². The molecule has 0 radical (unpaired) electrons. The number of rotatable bonds is 5. The van der Waals surface area contributed by atoms with Crippen LogP contribution in [0.3, 0.4) is 0 Å². The summed E-state index contributed by atoms with van der Waals surface area (Å²) in [6.07, 6.45) is 3.22. The fourth-order valence-corrected chi connectivity index (χ4v) is 1.22. The summed E-state index contributed by atoms with van der Waals surface area (Å²) in [5.74, 6) is 0.0663. The van der Waals surface area contributed by atoms with Crippen molar-refractivity contribution in [3.8, 4) is 0 Å². The second-order valence-corrected chi connectivity index (χ2v) is 3.28. The van der Waals surface area contributed by atoms with Crippen molar-refractivity contribution in [3.63, 3.8) is 0 Å². The molecule has 0 aliphatic rings. The smallest absolute Gasteiger partial charge is 0.220 e. The lowest BCUT2D eigenvalue weighted by atomic mass is 10.3. The predicted octanol–water partition coefficient (Wildman–Crippen LogP) is 0.380. The highest BCUT2D eigenvalue weighted by Crippen LogP contribution is 1.98.